The lowest BCUT2D eigenvalue weighted by Crippen LogP contribution is -2.43. The Morgan fingerprint density at radius 3 is 2.67 bits per heavy atom. The molecule has 108 valence electrons. The molecule has 21 heavy (non-hydrogen) atoms. The Morgan fingerprint density at radius 1 is 1.14 bits per heavy atom. The van der Waals surface area contributed by atoms with E-state index in [-0.39, 0.29) is 12.4 Å². The summed E-state index contributed by atoms with van der Waals surface area (Å²) in [4.78, 5) is 27.6. The maximum Gasteiger partial charge on any atom is 0.305 e. The largest absolute Gasteiger partial charge is 0.459 e. The molecule has 0 saturated heterocycles. The third-order valence-electron chi connectivity index (χ3n) is 2.33. The van der Waals surface area contributed by atoms with E-state index in [1.807, 2.05) is 30.3 Å². The van der Waals surface area contributed by atoms with E-state index in [2.05, 4.69) is 16.0 Å². The molecular formula is C14H13N3O4. The summed E-state index contributed by atoms with van der Waals surface area (Å²) in [6, 6.07) is 12.3. The molecule has 0 fully saturated rings. The second-order valence-electron chi connectivity index (χ2n) is 3.90. The van der Waals surface area contributed by atoms with E-state index in [4.69, 9.17) is 9.25 Å². The Labute approximate surface area is 120 Å². The van der Waals surface area contributed by atoms with Gasteiger partial charge < -0.3 is 9.25 Å². The van der Waals surface area contributed by atoms with Crippen molar-refractivity contribution in [2.75, 3.05) is 6.61 Å². The van der Waals surface area contributed by atoms with Crippen molar-refractivity contribution >= 4 is 18.0 Å². The zero-order valence-corrected chi connectivity index (χ0v) is 11.0. The topological polar surface area (TPSA) is 92.9 Å². The van der Waals surface area contributed by atoms with E-state index in [0.29, 0.717) is 0 Å². The third kappa shape index (κ3) is 4.83. The Hall–Kier alpha value is -3.09. The van der Waals surface area contributed by atoms with Crippen LogP contribution in [0.4, 0.5) is 0 Å². The Bertz CT molecular complexity index is 608. The van der Waals surface area contributed by atoms with Crippen LogP contribution in [0.1, 0.15) is 16.1 Å². The third-order valence-corrected chi connectivity index (χ3v) is 2.33. The summed E-state index contributed by atoms with van der Waals surface area (Å²) in [5.41, 5.74) is 5.20. The number of hydrogen-bond acceptors (Lipinski definition) is 5. The van der Waals surface area contributed by atoms with Gasteiger partial charge in [-0.05, 0) is 17.7 Å². The number of oxime groups is 1. The molecule has 0 aliphatic heterocycles. The van der Waals surface area contributed by atoms with Gasteiger partial charge in [0.2, 0.25) is 0 Å². The van der Waals surface area contributed by atoms with Crippen molar-refractivity contribution in [3.05, 3.63) is 60.1 Å². The van der Waals surface area contributed by atoms with Gasteiger partial charge in [0.15, 0.2) is 12.4 Å². The lowest BCUT2D eigenvalue weighted by Gasteiger charge is -2.04. The molecule has 0 atom stereocenters. The maximum absolute atomic E-state index is 11.4. The van der Waals surface area contributed by atoms with Crippen LogP contribution < -0.4 is 10.9 Å². The average Bonchev–Trinajstić information content (AvgIpc) is 3.05. The normalized spacial score (nSPS) is 10.3. The first-order chi connectivity index (χ1) is 10.3. The summed E-state index contributed by atoms with van der Waals surface area (Å²) in [5, 5.41) is 3.64. The van der Waals surface area contributed by atoms with Gasteiger partial charge in [-0.25, -0.2) is 0 Å². The fourth-order valence-electron chi connectivity index (χ4n) is 1.37. The molecule has 0 saturated carbocycles. The van der Waals surface area contributed by atoms with Crippen molar-refractivity contribution in [1.82, 2.24) is 10.9 Å². The van der Waals surface area contributed by atoms with E-state index in [1.54, 1.807) is 6.07 Å². The van der Waals surface area contributed by atoms with Gasteiger partial charge in [0.1, 0.15) is 0 Å². The number of nitrogens with zero attached hydrogens (tertiary/aromatic N) is 1. The van der Waals surface area contributed by atoms with Crippen LogP contribution in [0.15, 0.2) is 58.3 Å². The summed E-state index contributed by atoms with van der Waals surface area (Å²) in [6.45, 7) is -0.318. The van der Waals surface area contributed by atoms with Gasteiger partial charge in [0.25, 0.3) is 5.91 Å². The lowest BCUT2D eigenvalue weighted by atomic mass is 10.2. The van der Waals surface area contributed by atoms with E-state index < -0.39 is 11.8 Å². The minimum atomic E-state index is -0.555. The highest BCUT2D eigenvalue weighted by Gasteiger charge is 2.09. The zero-order valence-electron chi connectivity index (χ0n) is 11.0. The van der Waals surface area contributed by atoms with Gasteiger partial charge in [0, 0.05) is 0 Å². The fraction of sp³-hybridized carbons (Fsp3) is 0.0714. The number of hydrogen-bond donors (Lipinski definition) is 2. The smallest absolute Gasteiger partial charge is 0.305 e. The van der Waals surface area contributed by atoms with Crippen LogP contribution in [-0.2, 0) is 9.63 Å². The van der Waals surface area contributed by atoms with Crippen molar-refractivity contribution in [1.29, 1.82) is 0 Å². The van der Waals surface area contributed by atoms with Crippen LogP contribution in [-0.4, -0.2) is 24.6 Å². The highest BCUT2D eigenvalue weighted by molar-refractivity contribution is 5.92. The molecule has 7 heteroatoms. The highest BCUT2D eigenvalue weighted by Crippen LogP contribution is 1.98. The Morgan fingerprint density at radius 2 is 1.95 bits per heavy atom. The number of benzene rings is 1. The van der Waals surface area contributed by atoms with Crippen molar-refractivity contribution in [2.45, 2.75) is 0 Å². The molecular weight excluding hydrogens is 274 g/mol. The maximum atomic E-state index is 11.4. The number of rotatable bonds is 5. The predicted molar refractivity (Wildman–Crippen MR) is 74.3 cm³/mol. The summed E-state index contributed by atoms with van der Waals surface area (Å²) >= 11 is 0. The van der Waals surface area contributed by atoms with E-state index in [9.17, 15) is 9.59 Å². The Kier molecular flexibility index (Phi) is 5.11. The molecule has 0 radical (unpaired) electrons. The first-order valence-corrected chi connectivity index (χ1v) is 6.09. The summed E-state index contributed by atoms with van der Waals surface area (Å²) < 4.78 is 4.86. The number of hydrazine groups is 1. The van der Waals surface area contributed by atoms with E-state index in [1.165, 1.54) is 18.5 Å². The van der Waals surface area contributed by atoms with Crippen molar-refractivity contribution < 1.29 is 18.8 Å². The molecule has 1 aromatic heterocycles. The zero-order chi connectivity index (χ0) is 14.9. The number of amides is 2. The summed E-state index contributed by atoms with van der Waals surface area (Å²) in [6.07, 6.45) is 2.84. The molecule has 2 aromatic rings. The highest BCUT2D eigenvalue weighted by atomic mass is 16.6. The number of carbonyl (C=O) groups excluding carboxylic acids is 2. The molecule has 2 rings (SSSR count). The van der Waals surface area contributed by atoms with Crippen molar-refractivity contribution in [3.8, 4) is 0 Å². The predicted octanol–water partition coefficient (Wildman–Crippen LogP) is 1.09. The van der Waals surface area contributed by atoms with Crippen molar-refractivity contribution in [2.24, 2.45) is 5.16 Å². The van der Waals surface area contributed by atoms with Crippen molar-refractivity contribution in [3.63, 3.8) is 0 Å². The molecule has 0 bridgehead atoms. The molecule has 2 N–H and O–H groups in total. The van der Waals surface area contributed by atoms with Crippen LogP contribution in [0.2, 0.25) is 0 Å². The molecule has 7 nitrogen and oxygen atoms in total. The number of nitrogens with one attached hydrogen (secondary N) is 2. The molecule has 1 aromatic carbocycles. The summed E-state index contributed by atoms with van der Waals surface area (Å²) in [7, 11) is 0. The average molecular weight is 287 g/mol. The second kappa shape index (κ2) is 7.49. The van der Waals surface area contributed by atoms with Crippen LogP contribution >= 0.6 is 0 Å². The molecule has 0 spiro atoms. The minimum Gasteiger partial charge on any atom is -0.459 e. The monoisotopic (exact) mass is 287 g/mol. The first kappa shape index (κ1) is 14.3. The van der Waals surface area contributed by atoms with Gasteiger partial charge in [-0.1, -0.05) is 35.5 Å². The first-order valence-electron chi connectivity index (χ1n) is 6.09. The molecule has 2 amide bonds. The standard InChI is InChI=1S/C14H13N3O4/c18-13(16-17-14(19)12-7-4-8-20-12)10-21-15-9-11-5-2-1-3-6-11/h1-9H,10H2,(H,16,18)(H,17,19). The number of furan rings is 1. The fourth-order valence-corrected chi connectivity index (χ4v) is 1.37. The molecule has 0 aliphatic carbocycles. The van der Waals surface area contributed by atoms with Gasteiger partial charge in [0.05, 0.1) is 12.5 Å². The van der Waals surface area contributed by atoms with Gasteiger partial charge >= 0.3 is 5.91 Å². The second-order valence-corrected chi connectivity index (χ2v) is 3.90. The summed E-state index contributed by atoms with van der Waals surface area (Å²) in [5.74, 6) is -1.00. The van der Waals surface area contributed by atoms with Gasteiger partial charge in [-0.15, -0.1) is 0 Å². The van der Waals surface area contributed by atoms with Crippen LogP contribution in [0.3, 0.4) is 0 Å². The molecule has 0 unspecified atom stereocenters. The van der Waals surface area contributed by atoms with Crippen LogP contribution in [0.5, 0.6) is 0 Å². The minimum absolute atomic E-state index is 0.0957. The Balaban J connectivity index is 1.66. The van der Waals surface area contributed by atoms with Crippen LogP contribution in [0, 0.1) is 0 Å². The van der Waals surface area contributed by atoms with Gasteiger partial charge in [-0.3, -0.25) is 20.4 Å². The lowest BCUT2D eigenvalue weighted by molar-refractivity contribution is -0.126. The van der Waals surface area contributed by atoms with E-state index in [0.717, 1.165) is 5.56 Å². The van der Waals surface area contributed by atoms with E-state index >= 15 is 0 Å². The number of carbonyl (C=O) groups is 2. The molecule has 0 aliphatic rings. The van der Waals surface area contributed by atoms with Crippen LogP contribution in [0.25, 0.3) is 0 Å². The molecule has 1 heterocycles. The quantitative estimate of drug-likeness (QED) is 0.636. The van der Waals surface area contributed by atoms with Gasteiger partial charge in [-0.2, -0.15) is 0 Å². The SMILES string of the molecule is O=C(CON=Cc1ccccc1)NNC(=O)c1ccco1.